The van der Waals surface area contributed by atoms with Crippen molar-refractivity contribution in [1.29, 1.82) is 0 Å². The van der Waals surface area contributed by atoms with Crippen molar-refractivity contribution in [3.8, 4) is 0 Å². The fourth-order valence-corrected chi connectivity index (χ4v) is 0.910. The van der Waals surface area contributed by atoms with Crippen molar-refractivity contribution in [1.82, 2.24) is 5.32 Å². The lowest BCUT2D eigenvalue weighted by molar-refractivity contribution is 0.0487. The quantitative estimate of drug-likeness (QED) is 0.503. The first kappa shape index (κ1) is 13.8. The molecule has 0 saturated carbocycles. The van der Waals surface area contributed by atoms with Gasteiger partial charge in [-0.05, 0) is 6.42 Å². The molecule has 0 radical (unpaired) electrons. The van der Waals surface area contributed by atoms with E-state index in [1.165, 1.54) is 0 Å². The van der Waals surface area contributed by atoms with Gasteiger partial charge in [-0.15, -0.1) is 0 Å². The molecule has 4 nitrogen and oxygen atoms in total. The summed E-state index contributed by atoms with van der Waals surface area (Å²) in [7, 11) is 1.70. The Balaban J connectivity index is 2.78. The van der Waals surface area contributed by atoms with Gasteiger partial charge in [-0.25, -0.2) is 0 Å². The zero-order valence-corrected chi connectivity index (χ0v) is 9.38. The molecule has 1 N–H and O–H groups in total. The zero-order valence-electron chi connectivity index (χ0n) is 9.38. The molecular weight excluding hydrogens is 182 g/mol. The molecule has 0 aliphatic rings. The Labute approximate surface area is 86.9 Å². The number of methoxy groups -OCH3 is 1. The van der Waals surface area contributed by atoms with E-state index in [1.807, 2.05) is 0 Å². The van der Waals surface area contributed by atoms with Crippen molar-refractivity contribution in [3.05, 3.63) is 0 Å². The minimum Gasteiger partial charge on any atom is -0.383 e. The third kappa shape index (κ3) is 11.8. The van der Waals surface area contributed by atoms with E-state index in [-0.39, 0.29) is 0 Å². The Morgan fingerprint density at radius 2 is 1.50 bits per heavy atom. The van der Waals surface area contributed by atoms with E-state index in [0.717, 1.165) is 39.3 Å². The first-order valence-corrected chi connectivity index (χ1v) is 5.27. The summed E-state index contributed by atoms with van der Waals surface area (Å²) >= 11 is 0. The van der Waals surface area contributed by atoms with Gasteiger partial charge in [-0.2, -0.15) is 0 Å². The van der Waals surface area contributed by atoms with Crippen LogP contribution >= 0.6 is 0 Å². The Kier molecular flexibility index (Phi) is 12.7. The van der Waals surface area contributed by atoms with Crippen LogP contribution in [0.25, 0.3) is 0 Å². The molecule has 86 valence electrons. The van der Waals surface area contributed by atoms with Gasteiger partial charge in [0, 0.05) is 26.8 Å². The van der Waals surface area contributed by atoms with Crippen molar-refractivity contribution >= 4 is 0 Å². The fourth-order valence-electron chi connectivity index (χ4n) is 0.910. The zero-order chi connectivity index (χ0) is 10.5. The maximum Gasteiger partial charge on any atom is 0.0701 e. The standard InChI is InChI=1S/C10H23NO3/c1-3-6-13-9-10-14-8-5-11-4-7-12-2/h11H,3-10H2,1-2H3. The minimum atomic E-state index is 0.686. The number of nitrogens with one attached hydrogen (secondary N) is 1. The summed E-state index contributed by atoms with van der Waals surface area (Å²) in [5, 5.41) is 3.20. The third-order valence-electron chi connectivity index (χ3n) is 1.63. The van der Waals surface area contributed by atoms with Crippen LogP contribution in [0.15, 0.2) is 0 Å². The van der Waals surface area contributed by atoms with Gasteiger partial charge in [0.15, 0.2) is 0 Å². The summed E-state index contributed by atoms with van der Waals surface area (Å²) in [6.07, 6.45) is 1.07. The third-order valence-corrected chi connectivity index (χ3v) is 1.63. The molecule has 14 heavy (non-hydrogen) atoms. The van der Waals surface area contributed by atoms with Crippen LogP contribution in [0.3, 0.4) is 0 Å². The molecule has 4 heteroatoms. The van der Waals surface area contributed by atoms with E-state index < -0.39 is 0 Å². The molecule has 0 aromatic rings. The van der Waals surface area contributed by atoms with Gasteiger partial charge in [-0.3, -0.25) is 0 Å². The Bertz CT molecular complexity index is 89.4. The lowest BCUT2D eigenvalue weighted by Gasteiger charge is -2.06. The van der Waals surface area contributed by atoms with Gasteiger partial charge < -0.3 is 19.5 Å². The second-order valence-electron chi connectivity index (χ2n) is 2.97. The largest absolute Gasteiger partial charge is 0.383 e. The van der Waals surface area contributed by atoms with Gasteiger partial charge in [0.2, 0.25) is 0 Å². The molecule has 0 amide bonds. The highest BCUT2D eigenvalue weighted by molar-refractivity contribution is 4.44. The topological polar surface area (TPSA) is 39.7 Å². The normalized spacial score (nSPS) is 10.7. The molecule has 0 atom stereocenters. The molecule has 0 aliphatic carbocycles. The van der Waals surface area contributed by atoms with Crippen LogP contribution in [0.4, 0.5) is 0 Å². The van der Waals surface area contributed by atoms with Crippen LogP contribution in [0.5, 0.6) is 0 Å². The van der Waals surface area contributed by atoms with E-state index in [1.54, 1.807) is 7.11 Å². The van der Waals surface area contributed by atoms with Gasteiger partial charge in [0.25, 0.3) is 0 Å². The SMILES string of the molecule is CCCOCCOCCNCCOC. The molecule has 0 bridgehead atoms. The molecule has 0 spiro atoms. The number of ether oxygens (including phenoxy) is 3. The summed E-state index contributed by atoms with van der Waals surface area (Å²) in [6, 6.07) is 0. The van der Waals surface area contributed by atoms with Crippen LogP contribution in [-0.2, 0) is 14.2 Å². The highest BCUT2D eigenvalue weighted by Crippen LogP contribution is 1.81. The molecule has 0 saturated heterocycles. The molecule has 0 aromatic heterocycles. The highest BCUT2D eigenvalue weighted by Gasteiger charge is 1.89. The van der Waals surface area contributed by atoms with E-state index in [4.69, 9.17) is 14.2 Å². The number of rotatable bonds is 11. The van der Waals surface area contributed by atoms with E-state index in [9.17, 15) is 0 Å². The highest BCUT2D eigenvalue weighted by atomic mass is 16.5. The smallest absolute Gasteiger partial charge is 0.0701 e. The summed E-state index contributed by atoms with van der Waals surface area (Å²) in [5.74, 6) is 0. The molecular formula is C10H23NO3. The maximum absolute atomic E-state index is 5.33. The second kappa shape index (κ2) is 12.8. The fraction of sp³-hybridized carbons (Fsp3) is 1.00. The average Bonchev–Trinajstić information content (AvgIpc) is 2.21. The Morgan fingerprint density at radius 3 is 2.14 bits per heavy atom. The number of hydrogen-bond donors (Lipinski definition) is 1. The lowest BCUT2D eigenvalue weighted by atomic mass is 10.5. The molecule has 0 aromatic carbocycles. The molecule has 0 heterocycles. The predicted molar refractivity (Wildman–Crippen MR) is 56.7 cm³/mol. The minimum absolute atomic E-state index is 0.686. The van der Waals surface area contributed by atoms with Crippen molar-refractivity contribution in [3.63, 3.8) is 0 Å². The first-order valence-electron chi connectivity index (χ1n) is 5.27. The molecule has 0 unspecified atom stereocenters. The summed E-state index contributed by atoms with van der Waals surface area (Å²) in [4.78, 5) is 0. The van der Waals surface area contributed by atoms with Crippen LogP contribution in [0.2, 0.25) is 0 Å². The van der Waals surface area contributed by atoms with E-state index in [2.05, 4.69) is 12.2 Å². The maximum atomic E-state index is 5.33. The van der Waals surface area contributed by atoms with Crippen molar-refractivity contribution in [2.75, 3.05) is 53.2 Å². The van der Waals surface area contributed by atoms with Crippen molar-refractivity contribution < 1.29 is 14.2 Å². The van der Waals surface area contributed by atoms with Gasteiger partial charge in [0.05, 0.1) is 26.4 Å². The molecule has 0 fully saturated rings. The number of hydrogen-bond acceptors (Lipinski definition) is 4. The Hall–Kier alpha value is -0.160. The lowest BCUT2D eigenvalue weighted by Crippen LogP contribution is -2.24. The Morgan fingerprint density at radius 1 is 0.857 bits per heavy atom. The van der Waals surface area contributed by atoms with Crippen molar-refractivity contribution in [2.45, 2.75) is 13.3 Å². The van der Waals surface area contributed by atoms with Crippen LogP contribution in [-0.4, -0.2) is 53.2 Å². The molecule has 0 aliphatic heterocycles. The average molecular weight is 205 g/mol. The van der Waals surface area contributed by atoms with Gasteiger partial charge in [-0.1, -0.05) is 6.92 Å². The summed E-state index contributed by atoms with van der Waals surface area (Å²) in [5.41, 5.74) is 0. The van der Waals surface area contributed by atoms with Crippen LogP contribution < -0.4 is 5.32 Å². The van der Waals surface area contributed by atoms with Crippen LogP contribution in [0, 0.1) is 0 Å². The second-order valence-corrected chi connectivity index (χ2v) is 2.97. The van der Waals surface area contributed by atoms with Crippen LogP contribution in [0.1, 0.15) is 13.3 Å². The first-order chi connectivity index (χ1) is 6.91. The summed E-state index contributed by atoms with van der Waals surface area (Å²) in [6.45, 7) is 7.55. The predicted octanol–water partition coefficient (Wildman–Crippen LogP) is 0.666. The van der Waals surface area contributed by atoms with Gasteiger partial charge >= 0.3 is 0 Å². The van der Waals surface area contributed by atoms with E-state index >= 15 is 0 Å². The summed E-state index contributed by atoms with van der Waals surface area (Å²) < 4.78 is 15.5. The monoisotopic (exact) mass is 205 g/mol. The van der Waals surface area contributed by atoms with Gasteiger partial charge in [0.1, 0.15) is 0 Å². The molecule has 0 rings (SSSR count). The van der Waals surface area contributed by atoms with E-state index in [0.29, 0.717) is 13.2 Å². The van der Waals surface area contributed by atoms with Crippen molar-refractivity contribution in [2.24, 2.45) is 0 Å².